The van der Waals surface area contributed by atoms with Crippen molar-refractivity contribution >= 4 is 28.4 Å². The minimum atomic E-state index is -0.412. The number of urea groups is 1. The third kappa shape index (κ3) is 3.11. The molecule has 2 amide bonds. The summed E-state index contributed by atoms with van der Waals surface area (Å²) in [4.78, 5) is 20.2. The Balaban J connectivity index is 1.72. The van der Waals surface area contributed by atoms with Gasteiger partial charge in [0, 0.05) is 23.8 Å². The van der Waals surface area contributed by atoms with Gasteiger partial charge in [0.1, 0.15) is 5.82 Å². The van der Waals surface area contributed by atoms with Gasteiger partial charge in [0.05, 0.1) is 11.0 Å². The van der Waals surface area contributed by atoms with Crippen LogP contribution in [-0.2, 0) is 0 Å². The summed E-state index contributed by atoms with van der Waals surface area (Å²) >= 11 is 0. The first-order valence-corrected chi connectivity index (χ1v) is 6.25. The number of benzene rings is 2. The van der Waals surface area contributed by atoms with E-state index in [0.717, 1.165) is 5.52 Å². The van der Waals surface area contributed by atoms with Gasteiger partial charge in [0.2, 0.25) is 0 Å². The molecule has 0 aliphatic rings. The van der Waals surface area contributed by atoms with E-state index in [1.807, 2.05) is 0 Å². The van der Waals surface area contributed by atoms with Crippen LogP contribution < -0.4 is 10.6 Å². The molecule has 0 saturated heterocycles. The summed E-state index contributed by atoms with van der Waals surface area (Å²) < 4.78 is 12.8. The Labute approximate surface area is 119 Å². The molecule has 3 rings (SSSR count). The van der Waals surface area contributed by atoms with Crippen LogP contribution in [0.4, 0.5) is 20.6 Å². The van der Waals surface area contributed by atoms with Crippen molar-refractivity contribution in [1.82, 2.24) is 9.97 Å². The predicted octanol–water partition coefficient (Wildman–Crippen LogP) is 3.41. The van der Waals surface area contributed by atoms with Crippen molar-refractivity contribution < 1.29 is 9.18 Å². The molecule has 104 valence electrons. The zero-order valence-corrected chi connectivity index (χ0v) is 10.9. The summed E-state index contributed by atoms with van der Waals surface area (Å²) in [6.07, 6.45) is 3.20. The first-order valence-electron chi connectivity index (χ1n) is 6.25. The van der Waals surface area contributed by atoms with Gasteiger partial charge in [-0.15, -0.1) is 0 Å². The monoisotopic (exact) mass is 282 g/mol. The molecule has 0 atom stereocenters. The molecule has 0 radical (unpaired) electrons. The number of fused-ring (bicyclic) bond motifs is 1. The summed E-state index contributed by atoms with van der Waals surface area (Å²) in [6, 6.07) is 10.4. The van der Waals surface area contributed by atoms with E-state index in [1.165, 1.54) is 24.3 Å². The maximum atomic E-state index is 12.8. The summed E-state index contributed by atoms with van der Waals surface area (Å²) in [6.45, 7) is 0. The lowest BCUT2D eigenvalue weighted by molar-refractivity contribution is 0.262. The van der Waals surface area contributed by atoms with E-state index in [0.29, 0.717) is 16.9 Å². The van der Waals surface area contributed by atoms with Crippen molar-refractivity contribution in [1.29, 1.82) is 0 Å². The van der Waals surface area contributed by atoms with Gasteiger partial charge in [-0.3, -0.25) is 9.97 Å². The van der Waals surface area contributed by atoms with Crippen molar-refractivity contribution in [2.24, 2.45) is 0 Å². The lowest BCUT2D eigenvalue weighted by atomic mass is 10.2. The highest BCUT2D eigenvalue weighted by Crippen LogP contribution is 2.15. The molecule has 0 bridgehead atoms. The third-order valence-corrected chi connectivity index (χ3v) is 2.83. The maximum Gasteiger partial charge on any atom is 0.323 e. The number of nitrogens with one attached hydrogen (secondary N) is 2. The standard InChI is InChI=1S/C15H11FN4O/c16-10-1-3-11(4-2-10)19-15(21)20-12-5-6-13-14(9-12)18-8-7-17-13/h1-9H,(H2,19,20,21). The zero-order chi connectivity index (χ0) is 14.7. The van der Waals surface area contributed by atoms with E-state index in [-0.39, 0.29) is 5.82 Å². The molecule has 0 fully saturated rings. The van der Waals surface area contributed by atoms with Gasteiger partial charge in [-0.2, -0.15) is 0 Å². The van der Waals surface area contributed by atoms with Crippen LogP contribution in [0.5, 0.6) is 0 Å². The third-order valence-electron chi connectivity index (χ3n) is 2.83. The van der Waals surface area contributed by atoms with Crippen LogP contribution in [0.15, 0.2) is 54.9 Å². The second-order valence-electron chi connectivity index (χ2n) is 4.35. The molecule has 0 saturated carbocycles. The largest absolute Gasteiger partial charge is 0.323 e. The van der Waals surface area contributed by atoms with Crippen molar-refractivity contribution in [3.8, 4) is 0 Å². The highest BCUT2D eigenvalue weighted by atomic mass is 19.1. The van der Waals surface area contributed by atoms with E-state index < -0.39 is 6.03 Å². The van der Waals surface area contributed by atoms with Crippen LogP contribution in [0.25, 0.3) is 11.0 Å². The molecule has 1 aromatic heterocycles. The molecule has 2 N–H and O–H groups in total. The Bertz CT molecular complexity index is 789. The number of hydrogen-bond acceptors (Lipinski definition) is 3. The van der Waals surface area contributed by atoms with Gasteiger partial charge in [0.25, 0.3) is 0 Å². The maximum absolute atomic E-state index is 12.8. The lowest BCUT2D eigenvalue weighted by Crippen LogP contribution is -2.19. The summed E-state index contributed by atoms with van der Waals surface area (Å²) in [7, 11) is 0. The molecule has 2 aromatic carbocycles. The zero-order valence-electron chi connectivity index (χ0n) is 10.9. The number of amides is 2. The number of carbonyl (C=O) groups is 1. The Morgan fingerprint density at radius 1 is 0.857 bits per heavy atom. The van der Waals surface area contributed by atoms with Gasteiger partial charge in [-0.25, -0.2) is 9.18 Å². The predicted molar refractivity (Wildman–Crippen MR) is 78.6 cm³/mol. The van der Waals surface area contributed by atoms with E-state index in [2.05, 4.69) is 20.6 Å². The van der Waals surface area contributed by atoms with Gasteiger partial charge < -0.3 is 10.6 Å². The molecule has 21 heavy (non-hydrogen) atoms. The van der Waals surface area contributed by atoms with Crippen LogP contribution in [0.1, 0.15) is 0 Å². The number of anilines is 2. The molecule has 5 nitrogen and oxygen atoms in total. The van der Waals surface area contributed by atoms with Crippen molar-refractivity contribution in [2.75, 3.05) is 10.6 Å². The highest BCUT2D eigenvalue weighted by Gasteiger charge is 2.04. The topological polar surface area (TPSA) is 66.9 Å². The first kappa shape index (κ1) is 13.0. The van der Waals surface area contributed by atoms with E-state index in [9.17, 15) is 9.18 Å². The fourth-order valence-electron chi connectivity index (χ4n) is 1.87. The molecule has 6 heteroatoms. The van der Waals surface area contributed by atoms with Crippen molar-refractivity contribution in [2.45, 2.75) is 0 Å². The molecule has 3 aromatic rings. The second-order valence-corrected chi connectivity index (χ2v) is 4.35. The SMILES string of the molecule is O=C(Nc1ccc(F)cc1)Nc1ccc2nccnc2c1. The molecular formula is C15H11FN4O. The minimum Gasteiger partial charge on any atom is -0.308 e. The lowest BCUT2D eigenvalue weighted by Gasteiger charge is -2.08. The molecule has 0 aliphatic heterocycles. The Hall–Kier alpha value is -3.02. The Kier molecular flexibility index (Phi) is 3.42. The normalized spacial score (nSPS) is 10.3. The second kappa shape index (κ2) is 5.54. The number of nitrogens with zero attached hydrogens (tertiary/aromatic N) is 2. The van der Waals surface area contributed by atoms with Crippen molar-refractivity contribution in [3.63, 3.8) is 0 Å². The summed E-state index contributed by atoms with van der Waals surface area (Å²) in [5.74, 6) is -0.353. The number of aromatic nitrogens is 2. The quantitative estimate of drug-likeness (QED) is 0.757. The van der Waals surface area contributed by atoms with Gasteiger partial charge in [0.15, 0.2) is 0 Å². The number of halogens is 1. The van der Waals surface area contributed by atoms with Gasteiger partial charge in [-0.05, 0) is 42.5 Å². The molecule has 1 heterocycles. The number of carbonyl (C=O) groups excluding carboxylic acids is 1. The van der Waals surface area contributed by atoms with Crippen molar-refractivity contribution in [3.05, 3.63) is 60.7 Å². The smallest absolute Gasteiger partial charge is 0.308 e. The highest BCUT2D eigenvalue weighted by molar-refractivity contribution is 6.00. The number of hydrogen-bond donors (Lipinski definition) is 2. The van der Waals surface area contributed by atoms with Crippen LogP contribution in [0.3, 0.4) is 0 Å². The fraction of sp³-hybridized carbons (Fsp3) is 0. The molecule has 0 spiro atoms. The number of rotatable bonds is 2. The molecule has 0 aliphatic carbocycles. The summed E-state index contributed by atoms with van der Waals surface area (Å²) in [5, 5.41) is 5.30. The minimum absolute atomic E-state index is 0.353. The average molecular weight is 282 g/mol. The molecule has 0 unspecified atom stereocenters. The van der Waals surface area contributed by atoms with Crippen LogP contribution in [-0.4, -0.2) is 16.0 Å². The van der Waals surface area contributed by atoms with Crippen LogP contribution >= 0.6 is 0 Å². The van der Waals surface area contributed by atoms with Crippen LogP contribution in [0, 0.1) is 5.82 Å². The fourth-order valence-corrected chi connectivity index (χ4v) is 1.87. The van der Waals surface area contributed by atoms with Gasteiger partial charge in [-0.1, -0.05) is 0 Å². The van der Waals surface area contributed by atoms with E-state index in [1.54, 1.807) is 30.6 Å². The molecular weight excluding hydrogens is 271 g/mol. The first-order chi connectivity index (χ1) is 10.2. The van der Waals surface area contributed by atoms with Crippen LogP contribution in [0.2, 0.25) is 0 Å². The Morgan fingerprint density at radius 3 is 2.24 bits per heavy atom. The summed E-state index contributed by atoms with van der Waals surface area (Å²) in [5.41, 5.74) is 2.55. The van der Waals surface area contributed by atoms with Gasteiger partial charge >= 0.3 is 6.03 Å². The average Bonchev–Trinajstić information content (AvgIpc) is 2.49. The van der Waals surface area contributed by atoms with E-state index in [4.69, 9.17) is 0 Å². The Morgan fingerprint density at radius 2 is 1.48 bits per heavy atom. The van der Waals surface area contributed by atoms with E-state index >= 15 is 0 Å².